The molecular formula is C37H73NO2. The average molecular weight is 564 g/mol. The molecule has 0 amide bonds. The molecule has 0 aromatic rings. The molecule has 0 fully saturated rings. The van der Waals surface area contributed by atoms with Gasteiger partial charge in [0.2, 0.25) is 0 Å². The van der Waals surface area contributed by atoms with Crippen molar-refractivity contribution in [3.8, 4) is 0 Å². The molecule has 0 heterocycles. The Labute approximate surface area is 252 Å². The number of ether oxygens (including phenoxy) is 2. The van der Waals surface area contributed by atoms with Gasteiger partial charge in [-0.2, -0.15) is 0 Å². The van der Waals surface area contributed by atoms with Gasteiger partial charge in [0.05, 0.1) is 19.3 Å². The van der Waals surface area contributed by atoms with Crippen LogP contribution in [0.1, 0.15) is 168 Å². The molecule has 0 rings (SSSR count). The zero-order valence-electron chi connectivity index (χ0n) is 27.9. The third-order valence-corrected chi connectivity index (χ3v) is 7.95. The van der Waals surface area contributed by atoms with Crippen LogP contribution < -0.4 is 0 Å². The molecule has 0 N–H and O–H groups in total. The summed E-state index contributed by atoms with van der Waals surface area (Å²) in [6, 6.07) is 0.361. The van der Waals surface area contributed by atoms with Crippen LogP contribution in [0, 0.1) is 0 Å². The van der Waals surface area contributed by atoms with Crippen molar-refractivity contribution in [2.24, 2.45) is 0 Å². The van der Waals surface area contributed by atoms with Crippen molar-refractivity contribution >= 4 is 0 Å². The number of allylic oxidation sites excluding steroid dienone is 4. The van der Waals surface area contributed by atoms with Gasteiger partial charge in [0.1, 0.15) is 0 Å². The molecule has 0 aliphatic carbocycles. The van der Waals surface area contributed by atoms with Crippen LogP contribution >= 0.6 is 0 Å². The molecule has 0 spiro atoms. The second-order valence-corrected chi connectivity index (χ2v) is 12.2. The number of likely N-dealkylation sites (N-methyl/N-ethyl adjacent to an activating group) is 1. The standard InChI is InChI=1S/C37H73NO2/c1-5-7-9-11-13-15-17-19-21-23-25-27-29-31-33-39-35-37(38(3)4)36-40-34-32-30-28-26-24-22-20-18-16-14-12-10-8-6-2/h15-18,37H,5-14,19-36H2,1-4H3/b17-15-,18-16-. The van der Waals surface area contributed by atoms with E-state index in [0.29, 0.717) is 6.04 Å². The van der Waals surface area contributed by atoms with Crippen LogP contribution in [0.3, 0.4) is 0 Å². The third-order valence-electron chi connectivity index (χ3n) is 7.95. The first-order chi connectivity index (χ1) is 19.7. The van der Waals surface area contributed by atoms with Crippen LogP contribution in [-0.4, -0.2) is 51.5 Å². The van der Waals surface area contributed by atoms with E-state index in [1.807, 2.05) is 0 Å². The van der Waals surface area contributed by atoms with Gasteiger partial charge in [-0.15, -0.1) is 0 Å². The third kappa shape index (κ3) is 31.9. The lowest BCUT2D eigenvalue weighted by Gasteiger charge is -2.24. The van der Waals surface area contributed by atoms with Crippen molar-refractivity contribution < 1.29 is 9.47 Å². The van der Waals surface area contributed by atoms with E-state index < -0.39 is 0 Å². The smallest absolute Gasteiger partial charge is 0.0644 e. The highest BCUT2D eigenvalue weighted by Gasteiger charge is 2.11. The topological polar surface area (TPSA) is 21.7 Å². The van der Waals surface area contributed by atoms with E-state index in [9.17, 15) is 0 Å². The van der Waals surface area contributed by atoms with E-state index in [0.717, 1.165) is 26.4 Å². The molecule has 40 heavy (non-hydrogen) atoms. The van der Waals surface area contributed by atoms with E-state index in [-0.39, 0.29) is 0 Å². The first-order valence-corrected chi connectivity index (χ1v) is 17.8. The lowest BCUT2D eigenvalue weighted by Crippen LogP contribution is -2.37. The van der Waals surface area contributed by atoms with E-state index in [1.54, 1.807) is 0 Å². The van der Waals surface area contributed by atoms with Crippen LogP contribution in [0.15, 0.2) is 24.3 Å². The second-order valence-electron chi connectivity index (χ2n) is 12.2. The van der Waals surface area contributed by atoms with Gasteiger partial charge in [-0.1, -0.05) is 128 Å². The van der Waals surface area contributed by atoms with E-state index in [4.69, 9.17) is 9.47 Å². The van der Waals surface area contributed by atoms with Crippen molar-refractivity contribution in [3.05, 3.63) is 24.3 Å². The highest BCUT2D eigenvalue weighted by molar-refractivity contribution is 4.82. The molecule has 0 saturated heterocycles. The van der Waals surface area contributed by atoms with Gasteiger partial charge in [0, 0.05) is 13.2 Å². The fourth-order valence-corrected chi connectivity index (χ4v) is 4.98. The van der Waals surface area contributed by atoms with Crippen LogP contribution in [0.2, 0.25) is 0 Å². The molecule has 0 aromatic heterocycles. The number of hydrogen-bond donors (Lipinski definition) is 0. The maximum absolute atomic E-state index is 6.01. The Kier molecular flexibility index (Phi) is 34.0. The molecule has 0 unspecified atom stereocenters. The highest BCUT2D eigenvalue weighted by Crippen LogP contribution is 2.11. The summed E-state index contributed by atoms with van der Waals surface area (Å²) in [5.74, 6) is 0. The first-order valence-electron chi connectivity index (χ1n) is 17.8. The van der Waals surface area contributed by atoms with Crippen LogP contribution in [0.25, 0.3) is 0 Å². The van der Waals surface area contributed by atoms with Crippen LogP contribution in [0.5, 0.6) is 0 Å². The molecule has 3 nitrogen and oxygen atoms in total. The van der Waals surface area contributed by atoms with Crippen molar-refractivity contribution in [1.82, 2.24) is 4.90 Å². The monoisotopic (exact) mass is 564 g/mol. The van der Waals surface area contributed by atoms with E-state index in [2.05, 4.69) is 57.1 Å². The zero-order valence-corrected chi connectivity index (χ0v) is 27.9. The van der Waals surface area contributed by atoms with Crippen LogP contribution in [-0.2, 0) is 9.47 Å². The lowest BCUT2D eigenvalue weighted by atomic mass is 10.1. The van der Waals surface area contributed by atoms with Gasteiger partial charge in [0.25, 0.3) is 0 Å². The minimum atomic E-state index is 0.361. The summed E-state index contributed by atoms with van der Waals surface area (Å²) in [6.45, 7) is 7.90. The van der Waals surface area contributed by atoms with Gasteiger partial charge < -0.3 is 14.4 Å². The number of hydrogen-bond acceptors (Lipinski definition) is 3. The predicted octanol–water partition coefficient (Wildman–Crippen LogP) is 11.5. The van der Waals surface area contributed by atoms with Crippen molar-refractivity contribution in [2.45, 2.75) is 174 Å². The molecule has 0 atom stereocenters. The molecule has 0 saturated carbocycles. The molecule has 0 aliphatic heterocycles. The maximum atomic E-state index is 6.01. The predicted molar refractivity (Wildman–Crippen MR) is 180 cm³/mol. The SMILES string of the molecule is CCCCCC/C=C\CCCCCCCCOCC(COCCCCCCCC/C=C\CCCCCC)N(C)C. The largest absolute Gasteiger partial charge is 0.380 e. The average Bonchev–Trinajstić information content (AvgIpc) is 2.95. The minimum Gasteiger partial charge on any atom is -0.380 e. The number of unbranched alkanes of at least 4 members (excludes halogenated alkanes) is 20. The molecule has 0 aliphatic rings. The van der Waals surface area contributed by atoms with E-state index in [1.165, 1.54) is 154 Å². The van der Waals surface area contributed by atoms with Gasteiger partial charge in [-0.3, -0.25) is 0 Å². The maximum Gasteiger partial charge on any atom is 0.0644 e. The number of rotatable bonds is 33. The van der Waals surface area contributed by atoms with Crippen molar-refractivity contribution in [2.75, 3.05) is 40.5 Å². The van der Waals surface area contributed by atoms with Gasteiger partial charge in [0.15, 0.2) is 0 Å². The molecule has 238 valence electrons. The Morgan fingerprint density at radius 1 is 0.425 bits per heavy atom. The Balaban J connectivity index is 3.44. The Morgan fingerprint density at radius 2 is 0.725 bits per heavy atom. The summed E-state index contributed by atoms with van der Waals surface area (Å²) < 4.78 is 12.0. The van der Waals surface area contributed by atoms with Crippen molar-refractivity contribution in [1.29, 1.82) is 0 Å². The molecular weight excluding hydrogens is 490 g/mol. The Hall–Kier alpha value is -0.640. The normalized spacial score (nSPS) is 12.2. The zero-order chi connectivity index (χ0) is 29.2. The Morgan fingerprint density at radius 3 is 1.05 bits per heavy atom. The van der Waals surface area contributed by atoms with Crippen molar-refractivity contribution in [3.63, 3.8) is 0 Å². The van der Waals surface area contributed by atoms with Gasteiger partial charge in [-0.05, 0) is 78.3 Å². The summed E-state index contributed by atoms with van der Waals surface area (Å²) in [7, 11) is 4.28. The molecule has 3 heteroatoms. The molecule has 0 radical (unpaired) electrons. The van der Waals surface area contributed by atoms with E-state index >= 15 is 0 Å². The lowest BCUT2D eigenvalue weighted by molar-refractivity contribution is 0.0197. The van der Waals surface area contributed by atoms with Gasteiger partial charge in [-0.25, -0.2) is 0 Å². The fraction of sp³-hybridized carbons (Fsp3) is 0.892. The number of nitrogens with zero attached hydrogens (tertiary/aromatic N) is 1. The molecule has 0 aromatic carbocycles. The summed E-state index contributed by atoms with van der Waals surface area (Å²) in [6.07, 6.45) is 41.5. The summed E-state index contributed by atoms with van der Waals surface area (Å²) in [5.41, 5.74) is 0. The van der Waals surface area contributed by atoms with Crippen LogP contribution in [0.4, 0.5) is 0 Å². The Bertz CT molecular complexity index is 474. The fourth-order valence-electron chi connectivity index (χ4n) is 4.98. The van der Waals surface area contributed by atoms with Gasteiger partial charge >= 0.3 is 0 Å². The quantitative estimate of drug-likeness (QED) is 0.0585. The summed E-state index contributed by atoms with van der Waals surface area (Å²) in [4.78, 5) is 2.25. The summed E-state index contributed by atoms with van der Waals surface area (Å²) >= 11 is 0. The molecule has 0 bridgehead atoms. The summed E-state index contributed by atoms with van der Waals surface area (Å²) in [5, 5.41) is 0. The first kappa shape index (κ1) is 39.4. The highest BCUT2D eigenvalue weighted by atomic mass is 16.5. The minimum absolute atomic E-state index is 0.361. The second kappa shape index (κ2) is 34.6.